The molecule has 0 aliphatic carbocycles. The molecular formula is C27H24N2O5. The van der Waals surface area contributed by atoms with Crippen molar-refractivity contribution in [2.24, 2.45) is 0 Å². The molecule has 2 amide bonds. The van der Waals surface area contributed by atoms with Gasteiger partial charge in [0, 0.05) is 6.54 Å². The summed E-state index contributed by atoms with van der Waals surface area (Å²) in [5.74, 6) is -0.557. The summed E-state index contributed by atoms with van der Waals surface area (Å²) in [4.78, 5) is 53.2. The van der Waals surface area contributed by atoms with Gasteiger partial charge in [-0.05, 0) is 16.7 Å². The predicted molar refractivity (Wildman–Crippen MR) is 124 cm³/mol. The van der Waals surface area contributed by atoms with E-state index in [1.807, 2.05) is 54.6 Å². The van der Waals surface area contributed by atoms with Crippen molar-refractivity contribution in [2.75, 3.05) is 6.54 Å². The van der Waals surface area contributed by atoms with Crippen molar-refractivity contribution in [1.29, 1.82) is 0 Å². The molecule has 0 N–H and O–H groups in total. The lowest BCUT2D eigenvalue weighted by Crippen LogP contribution is -2.77. The van der Waals surface area contributed by atoms with Crippen LogP contribution in [0.3, 0.4) is 0 Å². The third-order valence-electron chi connectivity index (χ3n) is 5.95. The second-order valence-electron chi connectivity index (χ2n) is 7.99. The van der Waals surface area contributed by atoms with Crippen LogP contribution in [0.4, 0.5) is 4.79 Å². The van der Waals surface area contributed by atoms with E-state index in [9.17, 15) is 19.2 Å². The molecule has 3 aromatic rings. The first-order valence-corrected chi connectivity index (χ1v) is 10.9. The molecule has 2 atom stereocenters. The number of rotatable bonds is 9. The fourth-order valence-corrected chi connectivity index (χ4v) is 4.34. The van der Waals surface area contributed by atoms with Gasteiger partial charge in [-0.15, -0.1) is 0 Å². The molecule has 1 fully saturated rings. The number of aldehydes is 2. The molecular weight excluding hydrogens is 432 g/mol. The molecule has 0 unspecified atom stereocenters. The average Bonchev–Trinajstić information content (AvgIpc) is 2.89. The molecule has 0 saturated carbocycles. The van der Waals surface area contributed by atoms with Gasteiger partial charge >= 0.3 is 6.09 Å². The van der Waals surface area contributed by atoms with Crippen LogP contribution in [0.2, 0.25) is 0 Å². The zero-order valence-electron chi connectivity index (χ0n) is 18.4. The lowest BCUT2D eigenvalue weighted by molar-refractivity contribution is -0.177. The molecule has 1 aliphatic rings. The summed E-state index contributed by atoms with van der Waals surface area (Å²) in [6.45, 7) is -0.259. The van der Waals surface area contributed by atoms with E-state index in [-0.39, 0.29) is 13.2 Å². The van der Waals surface area contributed by atoms with E-state index < -0.39 is 30.1 Å². The van der Waals surface area contributed by atoms with Crippen LogP contribution in [0.1, 0.15) is 22.7 Å². The first-order valence-electron chi connectivity index (χ1n) is 10.9. The minimum absolute atomic E-state index is 0.0537. The number of amides is 2. The summed E-state index contributed by atoms with van der Waals surface area (Å²) in [5.41, 5.74) is 0.416. The lowest BCUT2D eigenvalue weighted by atomic mass is 9.74. The summed E-state index contributed by atoms with van der Waals surface area (Å²) in [7, 11) is 0. The van der Waals surface area contributed by atoms with Crippen molar-refractivity contribution in [3.8, 4) is 0 Å². The first kappa shape index (κ1) is 22.9. The molecule has 34 heavy (non-hydrogen) atoms. The topological polar surface area (TPSA) is 84.0 Å². The van der Waals surface area contributed by atoms with Crippen LogP contribution >= 0.6 is 0 Å². The fourth-order valence-electron chi connectivity index (χ4n) is 4.34. The molecule has 7 nitrogen and oxygen atoms in total. The highest BCUT2D eigenvalue weighted by Gasteiger charge is 2.66. The highest BCUT2D eigenvalue weighted by Crippen LogP contribution is 2.47. The number of benzene rings is 3. The minimum atomic E-state index is -1.88. The first-order chi connectivity index (χ1) is 16.6. The third kappa shape index (κ3) is 4.20. The van der Waals surface area contributed by atoms with Gasteiger partial charge in [0.1, 0.15) is 12.9 Å². The van der Waals surface area contributed by atoms with E-state index in [0.717, 1.165) is 16.0 Å². The Morgan fingerprint density at radius 3 is 2.00 bits per heavy atom. The molecule has 0 spiro atoms. The monoisotopic (exact) mass is 456 g/mol. The summed E-state index contributed by atoms with van der Waals surface area (Å²) >= 11 is 0. The van der Waals surface area contributed by atoms with Crippen LogP contribution in [0.5, 0.6) is 0 Å². The number of likely N-dealkylation sites (tertiary alicyclic amines) is 1. The number of β-lactam (4-membered cyclic amide) rings is 1. The Morgan fingerprint density at radius 1 is 0.882 bits per heavy atom. The Hall–Kier alpha value is -4.26. The van der Waals surface area contributed by atoms with Gasteiger partial charge in [-0.2, -0.15) is 0 Å². The smallest absolute Gasteiger partial charge is 0.411 e. The lowest BCUT2D eigenvalue weighted by Gasteiger charge is -2.56. The van der Waals surface area contributed by atoms with E-state index in [1.165, 1.54) is 0 Å². The number of ether oxygens (including phenoxy) is 1. The van der Waals surface area contributed by atoms with E-state index in [0.29, 0.717) is 18.1 Å². The zero-order valence-corrected chi connectivity index (χ0v) is 18.4. The summed E-state index contributed by atoms with van der Waals surface area (Å²) in [6, 6.07) is 26.6. The second-order valence-corrected chi connectivity index (χ2v) is 7.99. The molecule has 0 bridgehead atoms. The largest absolute Gasteiger partial charge is 0.445 e. The second kappa shape index (κ2) is 10.1. The maximum atomic E-state index is 13.5. The van der Waals surface area contributed by atoms with E-state index in [1.54, 1.807) is 41.3 Å². The Balaban J connectivity index is 1.68. The molecule has 1 saturated heterocycles. The number of hydrogen-bond acceptors (Lipinski definition) is 5. The van der Waals surface area contributed by atoms with Gasteiger partial charge < -0.3 is 19.2 Å². The molecule has 0 aromatic heterocycles. The van der Waals surface area contributed by atoms with Crippen LogP contribution in [-0.4, -0.2) is 46.5 Å². The van der Waals surface area contributed by atoms with Crippen molar-refractivity contribution >= 4 is 24.6 Å². The van der Waals surface area contributed by atoms with Gasteiger partial charge in [0.05, 0.1) is 12.6 Å². The van der Waals surface area contributed by atoms with E-state index in [4.69, 9.17) is 4.74 Å². The number of carbonyl (C=O) groups is 4. The summed E-state index contributed by atoms with van der Waals surface area (Å²) in [6.07, 6.45) is 0.0445. The molecule has 172 valence electrons. The van der Waals surface area contributed by atoms with Crippen LogP contribution in [0.15, 0.2) is 91.0 Å². The summed E-state index contributed by atoms with van der Waals surface area (Å²) < 4.78 is 5.41. The minimum Gasteiger partial charge on any atom is -0.445 e. The number of nitrogens with zero attached hydrogens (tertiary/aromatic N) is 2. The van der Waals surface area contributed by atoms with Gasteiger partial charge in [-0.25, -0.2) is 4.79 Å². The Kier molecular flexibility index (Phi) is 6.82. The predicted octanol–water partition coefficient (Wildman–Crippen LogP) is 3.55. The van der Waals surface area contributed by atoms with Crippen molar-refractivity contribution in [3.63, 3.8) is 0 Å². The molecule has 4 rings (SSSR count). The Bertz CT molecular complexity index is 1150. The molecule has 1 heterocycles. The number of hydrogen-bond donors (Lipinski definition) is 0. The van der Waals surface area contributed by atoms with Crippen molar-refractivity contribution in [3.05, 3.63) is 108 Å². The third-order valence-corrected chi connectivity index (χ3v) is 5.95. The van der Waals surface area contributed by atoms with Crippen LogP contribution in [0, 0.1) is 0 Å². The maximum Gasteiger partial charge on any atom is 0.411 e. The maximum absolute atomic E-state index is 13.5. The van der Waals surface area contributed by atoms with Gasteiger partial charge in [0.15, 0.2) is 6.29 Å². The quantitative estimate of drug-likeness (QED) is 0.279. The number of carbonyl (C=O) groups excluding carboxylic acids is 4. The average molecular weight is 456 g/mol. The van der Waals surface area contributed by atoms with Crippen LogP contribution in [0.25, 0.3) is 0 Å². The van der Waals surface area contributed by atoms with Crippen LogP contribution in [-0.2, 0) is 32.3 Å². The van der Waals surface area contributed by atoms with Gasteiger partial charge in [-0.1, -0.05) is 91.0 Å². The van der Waals surface area contributed by atoms with Crippen molar-refractivity contribution in [2.45, 2.75) is 24.7 Å². The molecule has 1 aliphatic heterocycles. The zero-order chi connectivity index (χ0) is 24.0. The van der Waals surface area contributed by atoms with E-state index >= 15 is 0 Å². The Labute approximate surface area is 197 Å². The van der Waals surface area contributed by atoms with Gasteiger partial charge in [0.25, 0.3) is 5.91 Å². The molecule has 7 heteroatoms. The summed E-state index contributed by atoms with van der Waals surface area (Å²) in [5, 5.41) is 0. The molecule has 0 radical (unpaired) electrons. The molecule has 3 aromatic carbocycles. The fraction of sp³-hybridized carbons (Fsp3) is 0.185. The van der Waals surface area contributed by atoms with E-state index in [2.05, 4.69) is 0 Å². The SMILES string of the molecule is O=CCN(C(=O)OCc1ccccc1)[C@]1(C=O)C(=O)N(Cc2ccccc2)[C@@H]1c1ccccc1. The van der Waals surface area contributed by atoms with Gasteiger partial charge in [-0.3, -0.25) is 9.69 Å². The van der Waals surface area contributed by atoms with Gasteiger partial charge in [0.2, 0.25) is 5.54 Å². The van der Waals surface area contributed by atoms with Crippen molar-refractivity contribution < 1.29 is 23.9 Å². The Morgan fingerprint density at radius 2 is 1.44 bits per heavy atom. The highest BCUT2D eigenvalue weighted by molar-refractivity contribution is 6.10. The standard InChI is InChI=1S/C27H24N2O5/c30-17-16-29(26(33)34-19-22-12-6-2-7-13-22)27(20-31)24(23-14-8-3-9-15-23)28(25(27)32)18-21-10-4-1-5-11-21/h1-15,17,20,24H,16,18-19H2/t24-,27+/m1/s1. The van der Waals surface area contributed by atoms with Crippen molar-refractivity contribution in [1.82, 2.24) is 9.80 Å². The highest BCUT2D eigenvalue weighted by atomic mass is 16.6. The van der Waals surface area contributed by atoms with Crippen LogP contribution < -0.4 is 0 Å². The normalized spacial score (nSPS) is 19.1.